The summed E-state index contributed by atoms with van der Waals surface area (Å²) in [6.45, 7) is 3.15. The molecule has 2 N–H and O–H groups in total. The van der Waals surface area contributed by atoms with Crippen molar-refractivity contribution in [1.82, 2.24) is 0 Å². The van der Waals surface area contributed by atoms with Crippen molar-refractivity contribution in [2.45, 2.75) is 51.9 Å². The number of carbonyl (C=O) groups is 1. The minimum atomic E-state index is -0.152. The van der Waals surface area contributed by atoms with E-state index in [2.05, 4.69) is 13.0 Å². The standard InChI is InChI=1S/C13H25NO2/c1-2-3-4-5-6-7-8-12-16-13(15)10-9-11-14/h7-8H,2-6,9-12,14H2,1H3/b8-7-. The molecule has 16 heavy (non-hydrogen) atoms. The number of unbranched alkanes of at least 4 members (excludes halogenated alkanes) is 4. The van der Waals surface area contributed by atoms with Crippen LogP contribution in [0.1, 0.15) is 51.9 Å². The molecule has 0 saturated carbocycles. The molecule has 0 aliphatic heterocycles. The van der Waals surface area contributed by atoms with E-state index >= 15 is 0 Å². The van der Waals surface area contributed by atoms with Crippen molar-refractivity contribution < 1.29 is 9.53 Å². The maximum absolute atomic E-state index is 11.1. The first kappa shape index (κ1) is 15.2. The summed E-state index contributed by atoms with van der Waals surface area (Å²) in [5, 5.41) is 0. The Hall–Kier alpha value is -0.830. The zero-order chi connectivity index (χ0) is 12.1. The van der Waals surface area contributed by atoms with E-state index in [0.717, 1.165) is 6.42 Å². The molecule has 0 amide bonds. The van der Waals surface area contributed by atoms with Crippen LogP contribution in [0, 0.1) is 0 Å². The zero-order valence-electron chi connectivity index (χ0n) is 10.4. The Kier molecular flexibility index (Phi) is 11.6. The Morgan fingerprint density at radius 1 is 1.19 bits per heavy atom. The summed E-state index contributed by atoms with van der Waals surface area (Å²) in [6, 6.07) is 0. The predicted molar refractivity (Wildman–Crippen MR) is 67.1 cm³/mol. The van der Waals surface area contributed by atoms with Gasteiger partial charge in [0.2, 0.25) is 0 Å². The van der Waals surface area contributed by atoms with E-state index in [1.54, 1.807) is 0 Å². The number of hydrogen-bond acceptors (Lipinski definition) is 3. The lowest BCUT2D eigenvalue weighted by Gasteiger charge is -2.00. The minimum Gasteiger partial charge on any atom is -0.461 e. The van der Waals surface area contributed by atoms with Gasteiger partial charge in [-0.25, -0.2) is 0 Å². The van der Waals surface area contributed by atoms with Gasteiger partial charge in [-0.1, -0.05) is 38.3 Å². The van der Waals surface area contributed by atoms with Crippen molar-refractivity contribution in [1.29, 1.82) is 0 Å². The third-order valence-electron chi connectivity index (χ3n) is 2.32. The van der Waals surface area contributed by atoms with E-state index in [0.29, 0.717) is 26.0 Å². The Bertz CT molecular complexity index is 190. The molecule has 0 aromatic rings. The highest BCUT2D eigenvalue weighted by molar-refractivity contribution is 5.69. The quantitative estimate of drug-likeness (QED) is 0.355. The summed E-state index contributed by atoms with van der Waals surface area (Å²) in [7, 11) is 0. The molecular formula is C13H25NO2. The molecule has 94 valence electrons. The van der Waals surface area contributed by atoms with Crippen molar-refractivity contribution in [3.05, 3.63) is 12.2 Å². The molecule has 3 nitrogen and oxygen atoms in total. The van der Waals surface area contributed by atoms with Gasteiger partial charge in [0.05, 0.1) is 0 Å². The lowest BCUT2D eigenvalue weighted by atomic mass is 10.1. The van der Waals surface area contributed by atoms with Crippen LogP contribution in [0.5, 0.6) is 0 Å². The third kappa shape index (κ3) is 11.2. The van der Waals surface area contributed by atoms with Crippen LogP contribution in [0.4, 0.5) is 0 Å². The summed E-state index contributed by atoms with van der Waals surface area (Å²) >= 11 is 0. The van der Waals surface area contributed by atoms with Gasteiger partial charge in [0.15, 0.2) is 0 Å². The number of carbonyl (C=O) groups excluding carboxylic acids is 1. The number of nitrogens with two attached hydrogens (primary N) is 1. The van der Waals surface area contributed by atoms with E-state index in [4.69, 9.17) is 10.5 Å². The molecule has 0 unspecified atom stereocenters. The fraction of sp³-hybridized carbons (Fsp3) is 0.769. The Morgan fingerprint density at radius 2 is 2.00 bits per heavy atom. The molecule has 0 atom stereocenters. The molecule has 0 aliphatic rings. The lowest BCUT2D eigenvalue weighted by molar-refractivity contribution is -0.142. The first-order chi connectivity index (χ1) is 7.81. The van der Waals surface area contributed by atoms with Crippen LogP contribution in [0.25, 0.3) is 0 Å². The Balaban J connectivity index is 3.23. The SMILES string of the molecule is CCCCCC/C=C\COC(=O)CCCN. The summed E-state index contributed by atoms with van der Waals surface area (Å²) < 4.78 is 4.99. The van der Waals surface area contributed by atoms with Crippen LogP contribution in [-0.4, -0.2) is 19.1 Å². The van der Waals surface area contributed by atoms with Gasteiger partial charge in [-0.2, -0.15) is 0 Å². The summed E-state index contributed by atoms with van der Waals surface area (Å²) in [5.41, 5.74) is 5.29. The van der Waals surface area contributed by atoms with Crippen molar-refractivity contribution in [3.63, 3.8) is 0 Å². The van der Waals surface area contributed by atoms with Crippen molar-refractivity contribution in [2.24, 2.45) is 5.73 Å². The maximum atomic E-state index is 11.1. The summed E-state index contributed by atoms with van der Waals surface area (Å²) in [6.07, 6.45) is 11.3. The van der Waals surface area contributed by atoms with Gasteiger partial charge in [-0.05, 0) is 25.8 Å². The fourth-order valence-corrected chi connectivity index (χ4v) is 1.33. The topological polar surface area (TPSA) is 52.3 Å². The van der Waals surface area contributed by atoms with Crippen LogP contribution < -0.4 is 5.73 Å². The van der Waals surface area contributed by atoms with Crippen molar-refractivity contribution in [2.75, 3.05) is 13.2 Å². The van der Waals surface area contributed by atoms with Gasteiger partial charge in [0.1, 0.15) is 6.61 Å². The van der Waals surface area contributed by atoms with Gasteiger partial charge in [-0.3, -0.25) is 4.79 Å². The summed E-state index contributed by atoms with van der Waals surface area (Å²) in [5.74, 6) is -0.152. The molecule has 0 bridgehead atoms. The lowest BCUT2D eigenvalue weighted by Crippen LogP contribution is -2.07. The second-order valence-corrected chi connectivity index (χ2v) is 3.90. The molecule has 0 aliphatic carbocycles. The van der Waals surface area contributed by atoms with Crippen molar-refractivity contribution >= 4 is 5.97 Å². The largest absolute Gasteiger partial charge is 0.461 e. The van der Waals surface area contributed by atoms with E-state index < -0.39 is 0 Å². The molecule has 0 spiro atoms. The second-order valence-electron chi connectivity index (χ2n) is 3.90. The van der Waals surface area contributed by atoms with Gasteiger partial charge >= 0.3 is 5.97 Å². The van der Waals surface area contributed by atoms with Crippen LogP contribution in [0.15, 0.2) is 12.2 Å². The van der Waals surface area contributed by atoms with Crippen LogP contribution in [-0.2, 0) is 9.53 Å². The van der Waals surface area contributed by atoms with E-state index in [1.807, 2.05) is 6.08 Å². The van der Waals surface area contributed by atoms with Crippen LogP contribution in [0.3, 0.4) is 0 Å². The molecule has 0 fully saturated rings. The zero-order valence-corrected chi connectivity index (χ0v) is 10.4. The van der Waals surface area contributed by atoms with Crippen LogP contribution >= 0.6 is 0 Å². The Labute approximate surface area is 99.0 Å². The number of allylic oxidation sites excluding steroid dienone is 1. The fourth-order valence-electron chi connectivity index (χ4n) is 1.33. The van der Waals surface area contributed by atoms with E-state index in [-0.39, 0.29) is 5.97 Å². The van der Waals surface area contributed by atoms with E-state index in [1.165, 1.54) is 25.7 Å². The smallest absolute Gasteiger partial charge is 0.306 e. The average molecular weight is 227 g/mol. The molecule has 0 rings (SSSR count). The number of hydrogen-bond donors (Lipinski definition) is 1. The maximum Gasteiger partial charge on any atom is 0.306 e. The van der Waals surface area contributed by atoms with Crippen molar-refractivity contribution in [3.8, 4) is 0 Å². The molecule has 3 heteroatoms. The normalized spacial score (nSPS) is 10.9. The molecule has 0 aromatic carbocycles. The van der Waals surface area contributed by atoms with Crippen LogP contribution in [0.2, 0.25) is 0 Å². The van der Waals surface area contributed by atoms with Gasteiger partial charge in [0, 0.05) is 6.42 Å². The first-order valence-corrected chi connectivity index (χ1v) is 6.32. The summed E-state index contributed by atoms with van der Waals surface area (Å²) in [4.78, 5) is 11.1. The number of ether oxygens (including phenoxy) is 1. The Morgan fingerprint density at radius 3 is 2.69 bits per heavy atom. The van der Waals surface area contributed by atoms with Gasteiger partial charge < -0.3 is 10.5 Å². The first-order valence-electron chi connectivity index (χ1n) is 6.32. The van der Waals surface area contributed by atoms with Gasteiger partial charge in [-0.15, -0.1) is 0 Å². The average Bonchev–Trinajstić information content (AvgIpc) is 2.30. The minimum absolute atomic E-state index is 0.152. The monoisotopic (exact) mass is 227 g/mol. The molecular weight excluding hydrogens is 202 g/mol. The van der Waals surface area contributed by atoms with Gasteiger partial charge in [0.25, 0.3) is 0 Å². The third-order valence-corrected chi connectivity index (χ3v) is 2.32. The number of esters is 1. The second kappa shape index (κ2) is 12.2. The molecule has 0 radical (unpaired) electrons. The predicted octanol–water partition coefficient (Wildman–Crippen LogP) is 2.80. The van der Waals surface area contributed by atoms with E-state index in [9.17, 15) is 4.79 Å². The molecule has 0 saturated heterocycles. The number of rotatable bonds is 10. The highest BCUT2D eigenvalue weighted by atomic mass is 16.5. The molecule has 0 heterocycles. The highest BCUT2D eigenvalue weighted by Gasteiger charge is 1.98. The highest BCUT2D eigenvalue weighted by Crippen LogP contribution is 2.02. The molecule has 0 aromatic heterocycles.